The maximum absolute atomic E-state index is 13.2. The van der Waals surface area contributed by atoms with Gasteiger partial charge in [0.1, 0.15) is 17.6 Å². The van der Waals surface area contributed by atoms with E-state index in [4.69, 9.17) is 4.74 Å². The van der Waals surface area contributed by atoms with Crippen molar-refractivity contribution in [1.82, 2.24) is 4.90 Å². The van der Waals surface area contributed by atoms with Gasteiger partial charge < -0.3 is 20.3 Å². The molecule has 1 saturated heterocycles. The summed E-state index contributed by atoms with van der Waals surface area (Å²) in [5, 5.41) is 5.48. The highest BCUT2D eigenvalue weighted by Crippen LogP contribution is 2.29. The van der Waals surface area contributed by atoms with Crippen LogP contribution in [0.4, 0.5) is 15.8 Å². The molecule has 0 spiro atoms. The van der Waals surface area contributed by atoms with Crippen LogP contribution in [0.15, 0.2) is 42.5 Å². The molecule has 0 aliphatic carbocycles. The molecule has 1 fully saturated rings. The van der Waals surface area contributed by atoms with Crippen molar-refractivity contribution in [3.63, 3.8) is 0 Å². The second-order valence-electron chi connectivity index (χ2n) is 7.14. The van der Waals surface area contributed by atoms with Gasteiger partial charge in [0.2, 0.25) is 17.7 Å². The third kappa shape index (κ3) is 5.14. The fourth-order valence-corrected chi connectivity index (χ4v) is 3.48. The molecular formula is C22H24FN3O4. The number of carbonyl (C=O) groups is 3. The van der Waals surface area contributed by atoms with E-state index in [0.717, 1.165) is 5.56 Å². The fourth-order valence-electron chi connectivity index (χ4n) is 3.48. The van der Waals surface area contributed by atoms with Gasteiger partial charge in [0.15, 0.2) is 0 Å². The first-order chi connectivity index (χ1) is 14.4. The van der Waals surface area contributed by atoms with E-state index >= 15 is 0 Å². The number of likely N-dealkylation sites (tertiary alicyclic amines) is 1. The van der Waals surface area contributed by atoms with E-state index in [1.54, 1.807) is 30.3 Å². The summed E-state index contributed by atoms with van der Waals surface area (Å²) in [7, 11) is 1.48. The molecule has 1 heterocycles. The lowest BCUT2D eigenvalue weighted by atomic mass is 9.99. The number of hydrogen-bond donors (Lipinski definition) is 2. The molecule has 1 aliphatic heterocycles. The van der Waals surface area contributed by atoms with Crippen LogP contribution in [0.1, 0.15) is 31.7 Å². The predicted molar refractivity (Wildman–Crippen MR) is 111 cm³/mol. The number of anilines is 2. The van der Waals surface area contributed by atoms with Gasteiger partial charge in [0.25, 0.3) is 0 Å². The number of methoxy groups -OCH3 is 1. The number of nitrogens with one attached hydrogen (secondary N) is 2. The van der Waals surface area contributed by atoms with Crippen LogP contribution in [0, 0.1) is 5.82 Å². The summed E-state index contributed by atoms with van der Waals surface area (Å²) in [6, 6.07) is 10.1. The van der Waals surface area contributed by atoms with Gasteiger partial charge in [-0.05, 0) is 48.7 Å². The summed E-state index contributed by atoms with van der Waals surface area (Å²) >= 11 is 0. The highest BCUT2D eigenvalue weighted by atomic mass is 19.1. The number of amides is 3. The molecule has 0 aromatic heterocycles. The van der Waals surface area contributed by atoms with Gasteiger partial charge in [-0.3, -0.25) is 14.4 Å². The van der Waals surface area contributed by atoms with Crippen molar-refractivity contribution < 1.29 is 23.5 Å². The standard InChI is InChI=1S/C22H24FN3O4/c1-14(27)24-17-10-11-20(30-2)18(12-17)25-22(29)19-4-3-5-21(28)26(19)13-15-6-8-16(23)9-7-15/h6-12,19H,3-5,13H2,1-2H3,(H,24,27)(H,25,29). The average Bonchev–Trinajstić information content (AvgIpc) is 2.71. The largest absolute Gasteiger partial charge is 0.495 e. The van der Waals surface area contributed by atoms with Gasteiger partial charge in [-0.1, -0.05) is 12.1 Å². The number of piperidine rings is 1. The van der Waals surface area contributed by atoms with Gasteiger partial charge in [-0.25, -0.2) is 4.39 Å². The Bertz CT molecular complexity index is 946. The first-order valence-corrected chi connectivity index (χ1v) is 9.68. The second-order valence-corrected chi connectivity index (χ2v) is 7.14. The van der Waals surface area contributed by atoms with Crippen molar-refractivity contribution in [2.24, 2.45) is 0 Å². The third-order valence-corrected chi connectivity index (χ3v) is 4.91. The van der Waals surface area contributed by atoms with Gasteiger partial charge in [0, 0.05) is 25.6 Å². The molecule has 158 valence electrons. The number of benzene rings is 2. The molecule has 0 saturated carbocycles. The molecule has 30 heavy (non-hydrogen) atoms. The molecule has 7 nitrogen and oxygen atoms in total. The molecule has 0 radical (unpaired) electrons. The van der Waals surface area contributed by atoms with Crippen LogP contribution < -0.4 is 15.4 Å². The molecule has 8 heteroatoms. The van der Waals surface area contributed by atoms with Crippen molar-refractivity contribution in [2.75, 3.05) is 17.7 Å². The lowest BCUT2D eigenvalue weighted by molar-refractivity contribution is -0.142. The fraction of sp³-hybridized carbons (Fsp3) is 0.318. The zero-order valence-electron chi connectivity index (χ0n) is 16.9. The monoisotopic (exact) mass is 413 g/mol. The summed E-state index contributed by atoms with van der Waals surface area (Å²) in [5.41, 5.74) is 1.66. The molecule has 3 rings (SSSR count). The zero-order chi connectivity index (χ0) is 21.7. The lowest BCUT2D eigenvalue weighted by Crippen LogP contribution is -2.49. The number of ether oxygens (including phenoxy) is 1. The van der Waals surface area contributed by atoms with Crippen molar-refractivity contribution >= 4 is 29.1 Å². The van der Waals surface area contributed by atoms with Crippen LogP contribution in [0.2, 0.25) is 0 Å². The van der Waals surface area contributed by atoms with Crippen molar-refractivity contribution in [3.05, 3.63) is 53.8 Å². The van der Waals surface area contributed by atoms with E-state index in [-0.39, 0.29) is 30.1 Å². The Labute approximate surface area is 174 Å². The third-order valence-electron chi connectivity index (χ3n) is 4.91. The van der Waals surface area contributed by atoms with E-state index < -0.39 is 6.04 Å². The molecular weight excluding hydrogens is 389 g/mol. The van der Waals surface area contributed by atoms with Crippen molar-refractivity contribution in [3.8, 4) is 5.75 Å². The molecule has 0 bridgehead atoms. The summed E-state index contributed by atoms with van der Waals surface area (Å²) in [6.45, 7) is 1.61. The summed E-state index contributed by atoms with van der Waals surface area (Å²) in [6.07, 6.45) is 1.50. The minimum Gasteiger partial charge on any atom is -0.495 e. The Balaban J connectivity index is 1.80. The highest BCUT2D eigenvalue weighted by molar-refractivity contribution is 5.99. The van der Waals surface area contributed by atoms with Crippen LogP contribution in [-0.2, 0) is 20.9 Å². The first-order valence-electron chi connectivity index (χ1n) is 9.68. The SMILES string of the molecule is COc1ccc(NC(C)=O)cc1NC(=O)C1CCCC(=O)N1Cc1ccc(F)cc1. The molecule has 2 N–H and O–H groups in total. The average molecular weight is 413 g/mol. The summed E-state index contributed by atoms with van der Waals surface area (Å²) in [5.74, 6) is -0.622. The van der Waals surface area contributed by atoms with E-state index in [9.17, 15) is 18.8 Å². The van der Waals surface area contributed by atoms with E-state index in [1.807, 2.05) is 0 Å². The maximum atomic E-state index is 13.2. The van der Waals surface area contributed by atoms with Crippen LogP contribution in [0.5, 0.6) is 5.75 Å². The minimum atomic E-state index is -0.662. The van der Waals surface area contributed by atoms with Gasteiger partial charge >= 0.3 is 0 Å². The number of hydrogen-bond acceptors (Lipinski definition) is 4. The number of rotatable bonds is 6. The van der Waals surface area contributed by atoms with E-state index in [2.05, 4.69) is 10.6 Å². The molecule has 2 aromatic rings. The molecule has 1 unspecified atom stereocenters. The Morgan fingerprint density at radius 3 is 2.57 bits per heavy atom. The first kappa shape index (κ1) is 21.3. The predicted octanol–water partition coefficient (Wildman–Crippen LogP) is 3.31. The second kappa shape index (κ2) is 9.39. The lowest BCUT2D eigenvalue weighted by Gasteiger charge is -2.34. The quantitative estimate of drug-likeness (QED) is 0.761. The van der Waals surface area contributed by atoms with Crippen LogP contribution >= 0.6 is 0 Å². The Kier molecular flexibility index (Phi) is 6.66. The highest BCUT2D eigenvalue weighted by Gasteiger charge is 2.33. The van der Waals surface area contributed by atoms with E-state index in [0.29, 0.717) is 36.4 Å². The topological polar surface area (TPSA) is 87.7 Å². The van der Waals surface area contributed by atoms with Gasteiger partial charge in [0.05, 0.1) is 12.8 Å². The number of carbonyl (C=O) groups excluding carboxylic acids is 3. The van der Waals surface area contributed by atoms with Gasteiger partial charge in [-0.15, -0.1) is 0 Å². The van der Waals surface area contributed by atoms with Gasteiger partial charge in [-0.2, -0.15) is 0 Å². The molecule has 2 aromatic carbocycles. The Morgan fingerprint density at radius 2 is 1.90 bits per heavy atom. The Morgan fingerprint density at radius 1 is 1.17 bits per heavy atom. The maximum Gasteiger partial charge on any atom is 0.247 e. The zero-order valence-corrected chi connectivity index (χ0v) is 16.9. The van der Waals surface area contributed by atoms with Crippen LogP contribution in [0.25, 0.3) is 0 Å². The molecule has 3 amide bonds. The minimum absolute atomic E-state index is 0.121. The summed E-state index contributed by atoms with van der Waals surface area (Å²) < 4.78 is 18.5. The van der Waals surface area contributed by atoms with Crippen molar-refractivity contribution in [2.45, 2.75) is 38.8 Å². The summed E-state index contributed by atoms with van der Waals surface area (Å²) in [4.78, 5) is 38.4. The van der Waals surface area contributed by atoms with Crippen LogP contribution in [0.3, 0.4) is 0 Å². The van der Waals surface area contributed by atoms with Crippen LogP contribution in [-0.4, -0.2) is 35.8 Å². The smallest absolute Gasteiger partial charge is 0.247 e. The number of nitrogens with zero attached hydrogens (tertiary/aromatic N) is 1. The number of halogens is 1. The molecule has 1 atom stereocenters. The Hall–Kier alpha value is -3.42. The molecule has 1 aliphatic rings. The van der Waals surface area contributed by atoms with Crippen molar-refractivity contribution in [1.29, 1.82) is 0 Å². The normalized spacial score (nSPS) is 16.2. The van der Waals surface area contributed by atoms with E-state index in [1.165, 1.54) is 31.1 Å².